The number of carbonyl (C=O) groups excluding carboxylic acids is 2. The zero-order chi connectivity index (χ0) is 21.4. The van der Waals surface area contributed by atoms with E-state index < -0.39 is 0 Å². The Labute approximate surface area is 174 Å². The molecule has 0 saturated carbocycles. The maximum atomic E-state index is 12.9. The zero-order valence-electron chi connectivity index (χ0n) is 18.1. The molecule has 0 aromatic heterocycles. The van der Waals surface area contributed by atoms with Crippen LogP contribution in [-0.4, -0.2) is 35.4 Å². The molecule has 0 aliphatic carbocycles. The van der Waals surface area contributed by atoms with Gasteiger partial charge in [0.25, 0.3) is 0 Å². The van der Waals surface area contributed by atoms with E-state index in [1.54, 1.807) is 4.90 Å². The molecule has 0 atom stereocenters. The first kappa shape index (κ1) is 22.5. The van der Waals surface area contributed by atoms with Crippen LogP contribution in [0.2, 0.25) is 0 Å². The molecule has 29 heavy (non-hydrogen) atoms. The van der Waals surface area contributed by atoms with Gasteiger partial charge in [-0.2, -0.15) is 0 Å². The number of amides is 2. The van der Waals surface area contributed by atoms with Crippen molar-refractivity contribution in [2.75, 3.05) is 11.4 Å². The van der Waals surface area contributed by atoms with Crippen LogP contribution in [0, 0.1) is 0 Å². The summed E-state index contributed by atoms with van der Waals surface area (Å²) >= 11 is 0. The SMILES string of the molecule is CC(=O)N(CCC(=O)N(Cc1ccccc1)C(C)C)c1ccc(OC(C)C)cc1. The molecule has 0 spiro atoms. The lowest BCUT2D eigenvalue weighted by Crippen LogP contribution is -2.39. The lowest BCUT2D eigenvalue weighted by Gasteiger charge is -2.28. The minimum atomic E-state index is -0.0884. The van der Waals surface area contributed by atoms with Crippen LogP contribution >= 0.6 is 0 Å². The van der Waals surface area contributed by atoms with Gasteiger partial charge < -0.3 is 14.5 Å². The van der Waals surface area contributed by atoms with Gasteiger partial charge in [0.2, 0.25) is 11.8 Å². The van der Waals surface area contributed by atoms with Gasteiger partial charge in [-0.15, -0.1) is 0 Å². The number of nitrogens with zero attached hydrogens (tertiary/aromatic N) is 2. The second kappa shape index (κ2) is 10.6. The van der Waals surface area contributed by atoms with Crippen LogP contribution in [0.25, 0.3) is 0 Å². The topological polar surface area (TPSA) is 49.9 Å². The van der Waals surface area contributed by atoms with Gasteiger partial charge in [-0.1, -0.05) is 30.3 Å². The first-order valence-corrected chi connectivity index (χ1v) is 10.2. The van der Waals surface area contributed by atoms with Crippen molar-refractivity contribution in [2.45, 2.75) is 59.7 Å². The number of hydrogen-bond acceptors (Lipinski definition) is 3. The van der Waals surface area contributed by atoms with Crippen molar-refractivity contribution in [1.29, 1.82) is 0 Å². The van der Waals surface area contributed by atoms with Crippen LogP contribution in [0.15, 0.2) is 54.6 Å². The van der Waals surface area contributed by atoms with Gasteiger partial charge in [0.15, 0.2) is 0 Å². The minimum absolute atomic E-state index is 0.0369. The Balaban J connectivity index is 2.04. The predicted octanol–water partition coefficient (Wildman–Crippen LogP) is 4.65. The van der Waals surface area contributed by atoms with Crippen molar-refractivity contribution in [1.82, 2.24) is 4.90 Å². The lowest BCUT2D eigenvalue weighted by atomic mass is 10.1. The molecule has 156 valence electrons. The molecule has 0 heterocycles. The van der Waals surface area contributed by atoms with E-state index in [-0.39, 0.29) is 30.4 Å². The normalized spacial score (nSPS) is 10.9. The van der Waals surface area contributed by atoms with Gasteiger partial charge in [0, 0.05) is 38.2 Å². The summed E-state index contributed by atoms with van der Waals surface area (Å²) in [5.74, 6) is 0.710. The molecule has 0 aliphatic rings. The summed E-state index contributed by atoms with van der Waals surface area (Å²) in [6.07, 6.45) is 0.364. The predicted molar refractivity (Wildman–Crippen MR) is 117 cm³/mol. The Bertz CT molecular complexity index is 786. The fourth-order valence-electron chi connectivity index (χ4n) is 3.14. The summed E-state index contributed by atoms with van der Waals surface area (Å²) in [4.78, 5) is 28.6. The molecule has 0 fully saturated rings. The number of rotatable bonds is 9. The fourth-order valence-corrected chi connectivity index (χ4v) is 3.14. The van der Waals surface area contributed by atoms with Crippen molar-refractivity contribution in [3.05, 3.63) is 60.2 Å². The van der Waals surface area contributed by atoms with Crippen LogP contribution in [0.5, 0.6) is 5.75 Å². The average molecular weight is 397 g/mol. The standard InChI is InChI=1S/C24H32N2O3/c1-18(2)26(17-21-9-7-6-8-10-21)24(28)15-16-25(20(5)27)22-11-13-23(14-12-22)29-19(3)4/h6-14,18-19H,15-17H2,1-5H3. The van der Waals surface area contributed by atoms with Crippen LogP contribution < -0.4 is 9.64 Å². The van der Waals surface area contributed by atoms with E-state index in [0.717, 1.165) is 17.0 Å². The molecule has 0 N–H and O–H groups in total. The molecule has 0 unspecified atom stereocenters. The Morgan fingerprint density at radius 2 is 1.55 bits per heavy atom. The summed E-state index contributed by atoms with van der Waals surface area (Å²) in [5.41, 5.74) is 1.86. The van der Waals surface area contributed by atoms with Gasteiger partial charge in [-0.25, -0.2) is 0 Å². The van der Waals surface area contributed by atoms with Gasteiger partial charge in [0.05, 0.1) is 6.10 Å². The molecule has 5 heteroatoms. The molecule has 2 amide bonds. The van der Waals surface area contributed by atoms with Crippen LogP contribution in [0.3, 0.4) is 0 Å². The molecule has 2 aromatic carbocycles. The second-order valence-corrected chi connectivity index (χ2v) is 7.68. The van der Waals surface area contributed by atoms with E-state index in [2.05, 4.69) is 0 Å². The monoisotopic (exact) mass is 396 g/mol. The van der Waals surface area contributed by atoms with Crippen molar-refractivity contribution in [3.8, 4) is 5.75 Å². The quantitative estimate of drug-likeness (QED) is 0.620. The smallest absolute Gasteiger partial charge is 0.224 e. The third-order valence-corrected chi connectivity index (χ3v) is 4.59. The Hall–Kier alpha value is -2.82. The van der Waals surface area contributed by atoms with Gasteiger partial charge in [-0.05, 0) is 57.5 Å². The number of ether oxygens (including phenoxy) is 1. The first-order chi connectivity index (χ1) is 13.8. The highest BCUT2D eigenvalue weighted by Gasteiger charge is 2.20. The molecule has 5 nitrogen and oxygen atoms in total. The van der Waals surface area contributed by atoms with Crippen molar-refractivity contribution in [3.63, 3.8) is 0 Å². The Kier molecular flexibility index (Phi) is 8.25. The molecule has 0 bridgehead atoms. The Morgan fingerprint density at radius 1 is 0.931 bits per heavy atom. The highest BCUT2D eigenvalue weighted by atomic mass is 16.5. The first-order valence-electron chi connectivity index (χ1n) is 10.2. The van der Waals surface area contributed by atoms with E-state index >= 15 is 0 Å². The summed E-state index contributed by atoms with van der Waals surface area (Å²) in [7, 11) is 0. The van der Waals surface area contributed by atoms with E-state index in [0.29, 0.717) is 13.1 Å². The summed E-state index contributed by atoms with van der Waals surface area (Å²) in [6, 6.07) is 17.4. The maximum Gasteiger partial charge on any atom is 0.224 e. The second-order valence-electron chi connectivity index (χ2n) is 7.68. The molecule has 0 radical (unpaired) electrons. The van der Waals surface area contributed by atoms with Crippen LogP contribution in [0.1, 0.15) is 46.6 Å². The van der Waals surface area contributed by atoms with Gasteiger partial charge >= 0.3 is 0 Å². The van der Waals surface area contributed by atoms with E-state index in [4.69, 9.17) is 4.74 Å². The highest BCUT2D eigenvalue weighted by molar-refractivity contribution is 5.92. The van der Waals surface area contributed by atoms with Crippen LogP contribution in [-0.2, 0) is 16.1 Å². The minimum Gasteiger partial charge on any atom is -0.491 e. The summed E-state index contributed by atoms with van der Waals surface area (Å²) in [5, 5.41) is 0. The fraction of sp³-hybridized carbons (Fsp3) is 0.417. The molecule has 0 aliphatic heterocycles. The van der Waals surface area contributed by atoms with Gasteiger partial charge in [-0.3, -0.25) is 9.59 Å². The largest absolute Gasteiger partial charge is 0.491 e. The van der Waals surface area contributed by atoms with E-state index in [1.807, 2.05) is 87.2 Å². The molecule has 0 saturated heterocycles. The van der Waals surface area contributed by atoms with Crippen molar-refractivity contribution in [2.24, 2.45) is 0 Å². The van der Waals surface area contributed by atoms with E-state index in [1.165, 1.54) is 6.92 Å². The number of anilines is 1. The molecular formula is C24H32N2O3. The highest BCUT2D eigenvalue weighted by Crippen LogP contribution is 2.21. The molecule has 2 aromatic rings. The van der Waals surface area contributed by atoms with Gasteiger partial charge in [0.1, 0.15) is 5.75 Å². The maximum absolute atomic E-state index is 12.9. The molecular weight excluding hydrogens is 364 g/mol. The number of benzene rings is 2. The third-order valence-electron chi connectivity index (χ3n) is 4.59. The van der Waals surface area contributed by atoms with Crippen molar-refractivity contribution < 1.29 is 14.3 Å². The zero-order valence-corrected chi connectivity index (χ0v) is 18.1. The van der Waals surface area contributed by atoms with Crippen LogP contribution in [0.4, 0.5) is 5.69 Å². The van der Waals surface area contributed by atoms with Crippen molar-refractivity contribution >= 4 is 17.5 Å². The third kappa shape index (κ3) is 6.93. The average Bonchev–Trinajstić information content (AvgIpc) is 2.67. The summed E-state index contributed by atoms with van der Waals surface area (Å²) < 4.78 is 5.66. The Morgan fingerprint density at radius 3 is 2.07 bits per heavy atom. The number of carbonyl (C=O) groups is 2. The van der Waals surface area contributed by atoms with E-state index in [9.17, 15) is 9.59 Å². The molecule has 2 rings (SSSR count). The summed E-state index contributed by atoms with van der Waals surface area (Å²) in [6.45, 7) is 10.4. The lowest BCUT2D eigenvalue weighted by molar-refractivity contribution is -0.133. The number of hydrogen-bond donors (Lipinski definition) is 0.